The second-order valence-corrected chi connectivity index (χ2v) is 6.42. The molecule has 0 spiro atoms. The number of halogens is 3. The van der Waals surface area contributed by atoms with Crippen LogP contribution >= 0.6 is 11.3 Å². The van der Waals surface area contributed by atoms with Crippen molar-refractivity contribution < 1.29 is 27.9 Å². The summed E-state index contributed by atoms with van der Waals surface area (Å²) in [6, 6.07) is 3.21. The molecule has 3 atom stereocenters. The van der Waals surface area contributed by atoms with E-state index in [0.29, 0.717) is 4.88 Å². The number of aliphatic hydroxyl groups is 1. The van der Waals surface area contributed by atoms with Crippen molar-refractivity contribution in [2.24, 2.45) is 5.92 Å². The molecule has 1 saturated heterocycles. The van der Waals surface area contributed by atoms with E-state index in [4.69, 9.17) is 0 Å². The molecule has 132 valence electrons. The predicted molar refractivity (Wildman–Crippen MR) is 81.8 cm³/mol. The fourth-order valence-electron chi connectivity index (χ4n) is 2.73. The Balaban J connectivity index is 2.14. The molecule has 2 aromatic rings. The van der Waals surface area contributed by atoms with Gasteiger partial charge in [0.1, 0.15) is 5.92 Å². The maximum absolute atomic E-state index is 13.6. The molecule has 0 aliphatic carbocycles. The fraction of sp³-hybridized carbons (Fsp3) is 0.267. The number of rotatable bonds is 3. The summed E-state index contributed by atoms with van der Waals surface area (Å²) in [5.41, 5.74) is -3.81. The number of carbonyl (C=O) groups is 2. The van der Waals surface area contributed by atoms with Crippen molar-refractivity contribution in [1.82, 2.24) is 15.6 Å². The van der Waals surface area contributed by atoms with Crippen molar-refractivity contribution in [3.8, 4) is 0 Å². The van der Waals surface area contributed by atoms with E-state index in [-0.39, 0.29) is 5.56 Å². The van der Waals surface area contributed by atoms with Crippen LogP contribution in [0.5, 0.6) is 0 Å². The second-order valence-electron chi connectivity index (χ2n) is 5.44. The molecule has 6 nitrogen and oxygen atoms in total. The van der Waals surface area contributed by atoms with E-state index in [1.54, 1.807) is 11.4 Å². The minimum atomic E-state index is -5.26. The van der Waals surface area contributed by atoms with Gasteiger partial charge in [0.15, 0.2) is 5.78 Å². The number of hydrogen-bond acceptors (Lipinski definition) is 5. The predicted octanol–water partition coefficient (Wildman–Crippen LogP) is 2.25. The largest absolute Gasteiger partial charge is 0.437 e. The molecule has 0 aromatic carbocycles. The third-order valence-corrected chi connectivity index (χ3v) is 4.84. The maximum atomic E-state index is 13.6. The summed E-state index contributed by atoms with van der Waals surface area (Å²) in [6.45, 7) is 0. The Morgan fingerprint density at radius 2 is 2.08 bits per heavy atom. The summed E-state index contributed by atoms with van der Waals surface area (Å²) >= 11 is 1.07. The zero-order valence-corrected chi connectivity index (χ0v) is 13.3. The zero-order valence-electron chi connectivity index (χ0n) is 12.4. The molecule has 0 radical (unpaired) electrons. The van der Waals surface area contributed by atoms with E-state index in [1.807, 2.05) is 0 Å². The van der Waals surface area contributed by atoms with E-state index in [1.165, 1.54) is 29.7 Å². The number of carbonyl (C=O) groups excluding carboxylic acids is 2. The molecule has 2 amide bonds. The number of nitrogens with zero attached hydrogens (tertiary/aromatic N) is 1. The van der Waals surface area contributed by atoms with Crippen molar-refractivity contribution in [2.75, 3.05) is 0 Å². The van der Waals surface area contributed by atoms with E-state index in [0.717, 1.165) is 17.5 Å². The van der Waals surface area contributed by atoms with Gasteiger partial charge >= 0.3 is 12.2 Å². The van der Waals surface area contributed by atoms with Crippen molar-refractivity contribution in [3.05, 3.63) is 52.5 Å². The summed E-state index contributed by atoms with van der Waals surface area (Å²) in [6.07, 6.45) is -2.78. The number of alkyl halides is 3. The molecular formula is C15H12F3N3O3S. The Morgan fingerprint density at radius 1 is 1.32 bits per heavy atom. The smallest absolute Gasteiger partial charge is 0.363 e. The van der Waals surface area contributed by atoms with Gasteiger partial charge in [0.05, 0.1) is 6.04 Å². The van der Waals surface area contributed by atoms with Crippen molar-refractivity contribution in [2.45, 2.75) is 17.9 Å². The van der Waals surface area contributed by atoms with E-state index in [9.17, 15) is 27.9 Å². The highest BCUT2D eigenvalue weighted by Crippen LogP contribution is 2.44. The van der Waals surface area contributed by atoms with Crippen LogP contribution in [0.3, 0.4) is 0 Å². The molecule has 2 aromatic heterocycles. The molecule has 1 aliphatic heterocycles. The standard InChI is InChI=1S/C15H12F3N3O3S/c16-15(17,18)14(24)10(12(22)8-3-1-5-19-7-8)11(20-13(23)21-14)9-4-2-6-25-9/h1-7,10-11,24H,(H2,20,21,23)/t10-,11-,14-/m0/s1. The molecule has 3 heterocycles. The zero-order chi connectivity index (χ0) is 18.2. The Kier molecular flexibility index (Phi) is 4.25. The Morgan fingerprint density at radius 3 is 2.64 bits per heavy atom. The minimum absolute atomic E-state index is 0.102. The molecule has 1 aliphatic rings. The van der Waals surface area contributed by atoms with Gasteiger partial charge in [-0.1, -0.05) is 6.07 Å². The highest BCUT2D eigenvalue weighted by molar-refractivity contribution is 7.10. The first-order valence-corrected chi connectivity index (χ1v) is 7.97. The summed E-state index contributed by atoms with van der Waals surface area (Å²) in [5.74, 6) is -3.01. The topological polar surface area (TPSA) is 91.3 Å². The molecule has 1 fully saturated rings. The molecule has 3 N–H and O–H groups in total. The van der Waals surface area contributed by atoms with Gasteiger partial charge in [0.2, 0.25) is 5.72 Å². The van der Waals surface area contributed by atoms with Crippen molar-refractivity contribution in [1.29, 1.82) is 0 Å². The summed E-state index contributed by atoms with van der Waals surface area (Å²) in [5, 5.41) is 15.7. The van der Waals surface area contributed by atoms with Crippen LogP contribution in [0.2, 0.25) is 0 Å². The van der Waals surface area contributed by atoms with E-state index < -0.39 is 35.7 Å². The molecule has 3 rings (SSSR count). The SMILES string of the molecule is O=C1N[C@@H](c2cccs2)[C@@H](C(=O)c2cccnc2)[C@](O)(C(F)(F)F)N1. The number of pyridine rings is 1. The number of aromatic nitrogens is 1. The highest BCUT2D eigenvalue weighted by atomic mass is 32.1. The van der Waals surface area contributed by atoms with Crippen LogP contribution < -0.4 is 10.6 Å². The fourth-order valence-corrected chi connectivity index (χ4v) is 3.55. The van der Waals surface area contributed by atoms with Gasteiger partial charge < -0.3 is 15.7 Å². The van der Waals surface area contributed by atoms with Crippen molar-refractivity contribution in [3.63, 3.8) is 0 Å². The highest BCUT2D eigenvalue weighted by Gasteiger charge is 2.66. The van der Waals surface area contributed by atoms with Gasteiger partial charge in [-0.05, 0) is 23.6 Å². The third-order valence-electron chi connectivity index (χ3n) is 3.88. The van der Waals surface area contributed by atoms with Crippen LogP contribution in [0.25, 0.3) is 0 Å². The van der Waals surface area contributed by atoms with E-state index >= 15 is 0 Å². The number of nitrogens with one attached hydrogen (secondary N) is 2. The van der Waals surface area contributed by atoms with Gasteiger partial charge in [-0.3, -0.25) is 9.78 Å². The molecule has 0 bridgehead atoms. The first-order valence-electron chi connectivity index (χ1n) is 7.09. The number of urea groups is 1. The number of thiophene rings is 1. The first kappa shape index (κ1) is 17.4. The summed E-state index contributed by atoms with van der Waals surface area (Å²) in [7, 11) is 0. The monoisotopic (exact) mass is 371 g/mol. The lowest BCUT2D eigenvalue weighted by atomic mass is 9.79. The Bertz CT molecular complexity index is 782. The molecule has 0 unspecified atom stereocenters. The van der Waals surface area contributed by atoms with Crippen LogP contribution in [0.4, 0.5) is 18.0 Å². The summed E-state index contributed by atoms with van der Waals surface area (Å²) < 4.78 is 40.7. The number of ketones is 1. The van der Waals surface area contributed by atoms with Crippen molar-refractivity contribution >= 4 is 23.2 Å². The second kappa shape index (κ2) is 6.12. The minimum Gasteiger partial charge on any atom is -0.363 e. The van der Waals surface area contributed by atoms with Gasteiger partial charge in [0, 0.05) is 22.8 Å². The van der Waals surface area contributed by atoms with Gasteiger partial charge in [-0.25, -0.2) is 4.79 Å². The quantitative estimate of drug-likeness (QED) is 0.722. The van der Waals surface area contributed by atoms with Gasteiger partial charge in [-0.2, -0.15) is 13.2 Å². The number of hydrogen-bond donors (Lipinski definition) is 3. The van der Waals surface area contributed by atoms with E-state index in [2.05, 4.69) is 10.3 Å². The van der Waals surface area contributed by atoms with Gasteiger partial charge in [0.25, 0.3) is 0 Å². The van der Waals surface area contributed by atoms with Crippen LogP contribution in [0.15, 0.2) is 42.0 Å². The lowest BCUT2D eigenvalue weighted by molar-refractivity contribution is -0.287. The third kappa shape index (κ3) is 2.98. The summed E-state index contributed by atoms with van der Waals surface area (Å²) in [4.78, 5) is 28.6. The average molecular weight is 371 g/mol. The number of Topliss-reactive ketones (excluding diaryl/α,β-unsaturated/α-hetero) is 1. The normalized spacial score (nSPS) is 26.6. The average Bonchev–Trinajstić information content (AvgIpc) is 3.08. The maximum Gasteiger partial charge on any atom is 0.437 e. The first-order chi connectivity index (χ1) is 11.7. The Hall–Kier alpha value is -2.46. The van der Waals surface area contributed by atoms with Crippen LogP contribution in [0, 0.1) is 5.92 Å². The molecule has 10 heteroatoms. The molecule has 0 saturated carbocycles. The van der Waals surface area contributed by atoms with Gasteiger partial charge in [-0.15, -0.1) is 11.3 Å². The molecule has 25 heavy (non-hydrogen) atoms. The van der Waals surface area contributed by atoms with Crippen LogP contribution in [-0.4, -0.2) is 33.8 Å². The lowest BCUT2D eigenvalue weighted by Crippen LogP contribution is -2.72. The number of amides is 2. The lowest BCUT2D eigenvalue weighted by Gasteiger charge is -2.44. The molecular weight excluding hydrogens is 359 g/mol. The van der Waals surface area contributed by atoms with Crippen LogP contribution in [0.1, 0.15) is 21.3 Å². The Labute approximate surface area is 143 Å². The van der Waals surface area contributed by atoms with Crippen LogP contribution in [-0.2, 0) is 0 Å².